The van der Waals surface area contributed by atoms with Crippen LogP contribution >= 0.6 is 0 Å². The number of hydrogen-bond donors (Lipinski definition) is 0. The Morgan fingerprint density at radius 1 is 1.12 bits per heavy atom. The minimum Gasteiger partial charge on any atom is -0.488 e. The molecule has 0 N–H and O–H groups in total. The molecule has 0 bridgehead atoms. The van der Waals surface area contributed by atoms with Crippen LogP contribution in [0.4, 0.5) is 4.39 Å². The van der Waals surface area contributed by atoms with Gasteiger partial charge >= 0.3 is 0 Å². The number of hydrogen-bond acceptors (Lipinski definition) is 5. The first-order chi connectivity index (χ1) is 15.8. The van der Waals surface area contributed by atoms with Gasteiger partial charge in [0.25, 0.3) is 5.56 Å². The van der Waals surface area contributed by atoms with E-state index < -0.39 is 17.2 Å². The van der Waals surface area contributed by atoms with Gasteiger partial charge in [0.1, 0.15) is 29.8 Å². The fourth-order valence-electron chi connectivity index (χ4n) is 3.66. The third-order valence-electron chi connectivity index (χ3n) is 5.08. The van der Waals surface area contributed by atoms with Crippen LogP contribution in [0.5, 0.6) is 5.75 Å². The third kappa shape index (κ3) is 5.93. The van der Waals surface area contributed by atoms with Crippen molar-refractivity contribution in [3.05, 3.63) is 98.2 Å². The molecular formula is C26H25FN2O4. The van der Waals surface area contributed by atoms with Crippen molar-refractivity contribution in [1.29, 1.82) is 5.26 Å². The average Bonchev–Trinajstić information content (AvgIpc) is 2.78. The quantitative estimate of drug-likeness (QED) is 0.360. The SMILES string of the molecule is COCCCn1cc(C(=O)c2cc(F)ccc2OCc2cc(C)cc(C)c2)cc(C#N)c1=O. The summed E-state index contributed by atoms with van der Waals surface area (Å²) in [6, 6.07) is 12.8. The number of methoxy groups -OCH3 is 1. The maximum Gasteiger partial charge on any atom is 0.268 e. The monoisotopic (exact) mass is 448 g/mol. The van der Waals surface area contributed by atoms with E-state index in [4.69, 9.17) is 9.47 Å². The zero-order valence-corrected chi connectivity index (χ0v) is 18.9. The third-order valence-corrected chi connectivity index (χ3v) is 5.08. The molecule has 0 unspecified atom stereocenters. The lowest BCUT2D eigenvalue weighted by Crippen LogP contribution is -2.24. The summed E-state index contributed by atoms with van der Waals surface area (Å²) in [4.78, 5) is 25.7. The fraction of sp³-hybridized carbons (Fsp3) is 0.269. The summed E-state index contributed by atoms with van der Waals surface area (Å²) in [6.07, 6.45) is 1.92. The van der Waals surface area contributed by atoms with Crippen molar-refractivity contribution in [3.8, 4) is 11.8 Å². The highest BCUT2D eigenvalue weighted by molar-refractivity contribution is 6.10. The van der Waals surface area contributed by atoms with Crippen molar-refractivity contribution in [2.45, 2.75) is 33.4 Å². The van der Waals surface area contributed by atoms with Crippen LogP contribution in [0.25, 0.3) is 0 Å². The van der Waals surface area contributed by atoms with Gasteiger partial charge in [-0.3, -0.25) is 9.59 Å². The molecule has 1 heterocycles. The molecule has 2 aromatic carbocycles. The van der Waals surface area contributed by atoms with E-state index in [0.717, 1.165) is 22.8 Å². The summed E-state index contributed by atoms with van der Waals surface area (Å²) in [5, 5.41) is 9.36. The fourth-order valence-corrected chi connectivity index (χ4v) is 3.66. The molecule has 0 aliphatic carbocycles. The lowest BCUT2D eigenvalue weighted by molar-refractivity contribution is 0.103. The van der Waals surface area contributed by atoms with Crippen LogP contribution in [0.15, 0.2) is 53.5 Å². The maximum atomic E-state index is 14.1. The lowest BCUT2D eigenvalue weighted by Gasteiger charge is -2.13. The van der Waals surface area contributed by atoms with Gasteiger partial charge in [0.2, 0.25) is 0 Å². The molecule has 0 atom stereocenters. The largest absolute Gasteiger partial charge is 0.488 e. The van der Waals surface area contributed by atoms with Crippen LogP contribution < -0.4 is 10.3 Å². The minimum absolute atomic E-state index is 0.0188. The van der Waals surface area contributed by atoms with E-state index >= 15 is 0 Å². The second-order valence-electron chi connectivity index (χ2n) is 7.85. The standard InChI is InChI=1S/C26H25FN2O4/c1-17-9-18(2)11-19(10-17)16-33-24-6-5-22(27)13-23(24)25(30)21-12-20(14-28)26(31)29(15-21)7-4-8-32-3/h5-6,9-13,15H,4,7-8,16H2,1-3H3. The Morgan fingerprint density at radius 2 is 1.85 bits per heavy atom. The number of pyridine rings is 1. The molecule has 0 saturated heterocycles. The van der Waals surface area contributed by atoms with Gasteiger partial charge in [-0.1, -0.05) is 29.3 Å². The highest BCUT2D eigenvalue weighted by Gasteiger charge is 2.19. The summed E-state index contributed by atoms with van der Waals surface area (Å²) < 4.78 is 26.3. The van der Waals surface area contributed by atoms with Gasteiger partial charge in [0.05, 0.1) is 5.56 Å². The number of nitriles is 1. The molecule has 0 saturated carbocycles. The van der Waals surface area contributed by atoms with Gasteiger partial charge in [-0.15, -0.1) is 0 Å². The number of carbonyl (C=O) groups excluding carboxylic acids is 1. The van der Waals surface area contributed by atoms with Crippen LogP contribution in [-0.4, -0.2) is 24.1 Å². The second-order valence-corrected chi connectivity index (χ2v) is 7.85. The highest BCUT2D eigenvalue weighted by atomic mass is 19.1. The molecule has 6 nitrogen and oxygen atoms in total. The molecule has 33 heavy (non-hydrogen) atoms. The van der Waals surface area contributed by atoms with Crippen molar-refractivity contribution in [1.82, 2.24) is 4.57 Å². The Balaban J connectivity index is 1.95. The van der Waals surface area contributed by atoms with Crippen LogP contribution in [0.1, 0.15) is 44.6 Å². The van der Waals surface area contributed by atoms with E-state index in [1.165, 1.54) is 29.0 Å². The summed E-state index contributed by atoms with van der Waals surface area (Å²) in [7, 11) is 1.55. The number of aromatic nitrogens is 1. The van der Waals surface area contributed by atoms with Crippen molar-refractivity contribution < 1.29 is 18.7 Å². The number of ketones is 1. The van der Waals surface area contributed by atoms with Gasteiger partial charge in [0, 0.05) is 32.0 Å². The first kappa shape index (κ1) is 23.9. The van der Waals surface area contributed by atoms with Gasteiger partial charge in [-0.25, -0.2) is 4.39 Å². The van der Waals surface area contributed by atoms with E-state index in [-0.39, 0.29) is 35.6 Å². The number of carbonyl (C=O) groups is 1. The zero-order valence-electron chi connectivity index (χ0n) is 18.9. The number of rotatable bonds is 9. The highest BCUT2D eigenvalue weighted by Crippen LogP contribution is 2.24. The molecule has 0 radical (unpaired) electrons. The molecule has 0 aliphatic rings. The molecule has 3 rings (SSSR count). The maximum absolute atomic E-state index is 14.1. The predicted molar refractivity (Wildman–Crippen MR) is 122 cm³/mol. The van der Waals surface area contributed by atoms with Crippen LogP contribution in [0, 0.1) is 31.0 Å². The van der Waals surface area contributed by atoms with E-state index in [1.807, 2.05) is 38.1 Å². The van der Waals surface area contributed by atoms with Crippen molar-refractivity contribution in [2.24, 2.45) is 0 Å². The van der Waals surface area contributed by atoms with Crippen LogP contribution in [-0.2, 0) is 17.9 Å². The molecule has 0 amide bonds. The van der Waals surface area contributed by atoms with E-state index in [9.17, 15) is 19.2 Å². The van der Waals surface area contributed by atoms with E-state index in [1.54, 1.807) is 7.11 Å². The normalized spacial score (nSPS) is 10.6. The molecule has 7 heteroatoms. The lowest BCUT2D eigenvalue weighted by atomic mass is 10.0. The Bertz CT molecular complexity index is 1250. The minimum atomic E-state index is -0.592. The smallest absolute Gasteiger partial charge is 0.268 e. The molecule has 1 aromatic heterocycles. The zero-order chi connectivity index (χ0) is 24.0. The molecular weight excluding hydrogens is 423 g/mol. The molecule has 0 spiro atoms. The van der Waals surface area contributed by atoms with E-state index in [2.05, 4.69) is 0 Å². The van der Waals surface area contributed by atoms with Crippen molar-refractivity contribution in [3.63, 3.8) is 0 Å². The molecule has 0 aliphatic heterocycles. The Morgan fingerprint density at radius 3 is 2.52 bits per heavy atom. The first-order valence-corrected chi connectivity index (χ1v) is 10.5. The van der Waals surface area contributed by atoms with E-state index in [0.29, 0.717) is 13.0 Å². The summed E-state index contributed by atoms with van der Waals surface area (Å²) in [5.74, 6) is -0.913. The Hall–Kier alpha value is -3.76. The van der Waals surface area contributed by atoms with Crippen molar-refractivity contribution >= 4 is 5.78 Å². The topological polar surface area (TPSA) is 81.3 Å². The predicted octanol–water partition coefficient (Wildman–Crippen LogP) is 4.32. The second kappa shape index (κ2) is 10.7. The molecule has 170 valence electrons. The Kier molecular flexibility index (Phi) is 7.75. The van der Waals surface area contributed by atoms with Crippen LogP contribution in [0.2, 0.25) is 0 Å². The summed E-state index contributed by atoms with van der Waals surface area (Å²) >= 11 is 0. The van der Waals surface area contributed by atoms with Crippen LogP contribution in [0.3, 0.4) is 0 Å². The van der Waals surface area contributed by atoms with Gasteiger partial charge in [-0.05, 0) is 50.1 Å². The van der Waals surface area contributed by atoms with Gasteiger partial charge < -0.3 is 14.0 Å². The average molecular weight is 448 g/mol. The first-order valence-electron chi connectivity index (χ1n) is 10.5. The molecule has 3 aromatic rings. The molecule has 0 fully saturated rings. The number of nitrogens with zero attached hydrogens (tertiary/aromatic N) is 2. The number of halogens is 1. The summed E-state index contributed by atoms with van der Waals surface area (Å²) in [6.45, 7) is 4.87. The van der Waals surface area contributed by atoms with Gasteiger partial charge in [0.15, 0.2) is 5.78 Å². The van der Waals surface area contributed by atoms with Gasteiger partial charge in [-0.2, -0.15) is 5.26 Å². The summed E-state index contributed by atoms with van der Waals surface area (Å²) in [5.41, 5.74) is 2.57. The number of ether oxygens (including phenoxy) is 2. The number of benzene rings is 2. The Labute approximate surface area is 191 Å². The van der Waals surface area contributed by atoms with Crippen molar-refractivity contribution in [2.75, 3.05) is 13.7 Å². The number of aryl methyl sites for hydroxylation is 3.